The largest absolute Gasteiger partial charge is 0.479 e. The molecule has 0 fully saturated rings. The first-order valence-corrected chi connectivity index (χ1v) is 3.09. The minimum atomic E-state index is -1.16. The summed E-state index contributed by atoms with van der Waals surface area (Å²) in [4.78, 5) is 9.96. The lowest BCUT2D eigenvalue weighted by Gasteiger charge is -2.01. The van der Waals surface area contributed by atoms with Crippen LogP contribution in [0, 0.1) is 0 Å². The Morgan fingerprint density at radius 2 is 2.10 bits per heavy atom. The molecule has 0 saturated heterocycles. The number of hydrogen-bond acceptors (Lipinski definition) is 2. The summed E-state index contributed by atoms with van der Waals surface area (Å²) >= 11 is 0. The lowest BCUT2D eigenvalue weighted by Crippen LogP contribution is -2.18. The second kappa shape index (κ2) is 6.61. The van der Waals surface area contributed by atoms with E-state index < -0.39 is 12.1 Å². The van der Waals surface area contributed by atoms with E-state index in [-0.39, 0.29) is 8.41 Å². The summed E-state index contributed by atoms with van der Waals surface area (Å²) in [6.45, 7) is 1.95. The van der Waals surface area contributed by atoms with Crippen molar-refractivity contribution in [3.8, 4) is 0 Å². The van der Waals surface area contributed by atoms with Crippen LogP contribution in [0.1, 0.15) is 26.2 Å². The van der Waals surface area contributed by atoms with Gasteiger partial charge in [-0.25, -0.2) is 4.79 Å². The van der Waals surface area contributed by atoms with Gasteiger partial charge in [-0.15, -0.1) is 0 Å². The average molecular weight is 143 g/mol. The predicted molar refractivity (Wildman–Crippen MR) is 38.9 cm³/mol. The molecule has 0 saturated carbocycles. The van der Waals surface area contributed by atoms with E-state index in [2.05, 4.69) is 0 Å². The van der Waals surface area contributed by atoms with Crippen LogP contribution in [-0.2, 0) is 4.79 Å². The Hall–Kier alpha value is -0.505. The van der Waals surface area contributed by atoms with Crippen LogP contribution >= 0.6 is 0 Å². The fourth-order valence-corrected chi connectivity index (χ4v) is 0.521. The van der Waals surface area contributed by atoms with E-state index in [1.807, 2.05) is 6.92 Å². The van der Waals surface area contributed by atoms with Gasteiger partial charge in [-0.1, -0.05) is 19.8 Å². The second-order valence-corrected chi connectivity index (χ2v) is 2.00. The third kappa shape index (κ3) is 5.63. The van der Waals surface area contributed by atoms with Crippen molar-refractivity contribution in [2.75, 3.05) is 0 Å². The van der Waals surface area contributed by atoms with E-state index in [4.69, 9.17) is 10.2 Å². The van der Waals surface area contributed by atoms with E-state index in [1.165, 1.54) is 0 Å². The van der Waals surface area contributed by atoms with Gasteiger partial charge < -0.3 is 10.2 Å². The lowest BCUT2D eigenvalue weighted by atomic mass is 10.2. The van der Waals surface area contributed by atoms with E-state index in [9.17, 15) is 4.79 Å². The van der Waals surface area contributed by atoms with E-state index in [0.717, 1.165) is 12.8 Å². The predicted octanol–water partition coefficient (Wildman–Crippen LogP) is 0.241. The number of aliphatic hydroxyl groups excluding tert-OH is 1. The maximum atomic E-state index is 9.96. The molecule has 0 amide bonds. The molecule has 0 aliphatic rings. The molecule has 4 heteroatoms. The molecule has 0 aromatic carbocycles. The number of aliphatic carboxylic acids is 1. The van der Waals surface area contributed by atoms with Crippen molar-refractivity contribution in [3.05, 3.63) is 0 Å². The topological polar surface area (TPSA) is 57.5 Å². The van der Waals surface area contributed by atoms with E-state index >= 15 is 0 Å². The zero-order chi connectivity index (χ0) is 7.28. The van der Waals surface area contributed by atoms with Crippen LogP contribution in [0.5, 0.6) is 0 Å². The zero-order valence-corrected chi connectivity index (χ0v) is 6.08. The first-order chi connectivity index (χ1) is 4.18. The van der Waals surface area contributed by atoms with Crippen LogP contribution in [0.3, 0.4) is 0 Å². The van der Waals surface area contributed by atoms with Gasteiger partial charge in [-0.2, -0.15) is 0 Å². The molecule has 0 aliphatic heterocycles. The molecule has 10 heavy (non-hydrogen) atoms. The highest BCUT2D eigenvalue weighted by atomic mass is 16.4. The van der Waals surface area contributed by atoms with Crippen molar-refractivity contribution in [3.63, 3.8) is 0 Å². The Bertz CT molecular complexity index is 95.0. The lowest BCUT2D eigenvalue weighted by molar-refractivity contribution is -0.146. The maximum absolute atomic E-state index is 9.96. The highest BCUT2D eigenvalue weighted by molar-refractivity contribution is 5.75. The molecule has 3 radical (unpaired) electrons. The quantitative estimate of drug-likeness (QED) is 0.554. The van der Waals surface area contributed by atoms with Crippen molar-refractivity contribution >= 4 is 14.4 Å². The van der Waals surface area contributed by atoms with Crippen LogP contribution in [-0.4, -0.2) is 30.7 Å². The maximum Gasteiger partial charge on any atom is 0.332 e. The van der Waals surface area contributed by atoms with Gasteiger partial charge in [0.15, 0.2) is 6.10 Å². The van der Waals surface area contributed by atoms with E-state index in [0.29, 0.717) is 6.42 Å². The Morgan fingerprint density at radius 1 is 1.60 bits per heavy atom. The molecule has 57 valence electrons. The summed E-state index contributed by atoms with van der Waals surface area (Å²) in [6.07, 6.45) is 0.897. The van der Waals surface area contributed by atoms with Gasteiger partial charge in [0.25, 0.3) is 0 Å². The second-order valence-electron chi connectivity index (χ2n) is 2.00. The molecule has 0 bridgehead atoms. The molecule has 3 nitrogen and oxygen atoms in total. The minimum Gasteiger partial charge on any atom is -0.479 e. The number of aliphatic hydroxyl groups is 1. The van der Waals surface area contributed by atoms with Gasteiger partial charge in [0.05, 0.1) is 0 Å². The molecular weight excluding hydrogens is 131 g/mol. The van der Waals surface area contributed by atoms with Gasteiger partial charge in [-0.3, -0.25) is 0 Å². The molecule has 1 unspecified atom stereocenters. The normalized spacial score (nSPS) is 11.8. The van der Waals surface area contributed by atoms with Gasteiger partial charge in [-0.05, 0) is 6.42 Å². The monoisotopic (exact) mass is 143 g/mol. The van der Waals surface area contributed by atoms with Crippen LogP contribution in [0.4, 0.5) is 0 Å². The summed E-state index contributed by atoms with van der Waals surface area (Å²) in [7, 11) is 0. The van der Waals surface area contributed by atoms with Crippen molar-refractivity contribution in [1.29, 1.82) is 0 Å². The standard InChI is InChI=1S/C6H12O3.B/c1-2-3-4-5(7)6(8)9;/h5,7H,2-4H2,1H3,(H,8,9);. The van der Waals surface area contributed by atoms with Crippen molar-refractivity contribution < 1.29 is 15.0 Å². The van der Waals surface area contributed by atoms with Gasteiger partial charge >= 0.3 is 5.97 Å². The van der Waals surface area contributed by atoms with Gasteiger partial charge in [0.1, 0.15) is 0 Å². The van der Waals surface area contributed by atoms with Crippen molar-refractivity contribution in [2.24, 2.45) is 0 Å². The van der Waals surface area contributed by atoms with Crippen LogP contribution in [0.15, 0.2) is 0 Å². The summed E-state index contributed by atoms with van der Waals surface area (Å²) in [6, 6.07) is 0. The fraction of sp³-hybridized carbons (Fsp3) is 0.833. The Balaban J connectivity index is 0. The highest BCUT2D eigenvalue weighted by Gasteiger charge is 2.10. The van der Waals surface area contributed by atoms with Crippen LogP contribution < -0.4 is 0 Å². The molecule has 0 rings (SSSR count). The molecule has 0 heterocycles. The average Bonchev–Trinajstić information content (AvgIpc) is 1.82. The number of carboxylic acid groups (broad SMARTS) is 1. The zero-order valence-electron chi connectivity index (χ0n) is 6.08. The Labute approximate surface area is 62.6 Å². The van der Waals surface area contributed by atoms with Crippen molar-refractivity contribution in [1.82, 2.24) is 0 Å². The summed E-state index contributed by atoms with van der Waals surface area (Å²) in [5, 5.41) is 16.8. The number of rotatable bonds is 4. The summed E-state index contributed by atoms with van der Waals surface area (Å²) in [5.41, 5.74) is 0. The molecule has 1 atom stereocenters. The third-order valence-electron chi connectivity index (χ3n) is 1.12. The van der Waals surface area contributed by atoms with Gasteiger partial charge in [0, 0.05) is 8.41 Å². The summed E-state index contributed by atoms with van der Waals surface area (Å²) < 4.78 is 0. The Kier molecular flexibility index (Phi) is 8.07. The van der Waals surface area contributed by atoms with Crippen molar-refractivity contribution in [2.45, 2.75) is 32.3 Å². The molecule has 2 N–H and O–H groups in total. The first kappa shape index (κ1) is 12.2. The summed E-state index contributed by atoms with van der Waals surface area (Å²) in [5.74, 6) is -1.12. The van der Waals surface area contributed by atoms with Crippen LogP contribution in [0.25, 0.3) is 0 Å². The smallest absolute Gasteiger partial charge is 0.332 e. The number of carbonyl (C=O) groups is 1. The first-order valence-electron chi connectivity index (χ1n) is 3.09. The van der Waals surface area contributed by atoms with Crippen LogP contribution in [0.2, 0.25) is 0 Å². The van der Waals surface area contributed by atoms with E-state index in [1.54, 1.807) is 0 Å². The third-order valence-corrected chi connectivity index (χ3v) is 1.12. The SMILES string of the molecule is CCCCC(O)C(=O)O.[B]. The van der Waals surface area contributed by atoms with Gasteiger partial charge in [0.2, 0.25) is 0 Å². The molecule has 0 aliphatic carbocycles. The molecule has 0 aromatic rings. The molecule has 0 spiro atoms. The highest BCUT2D eigenvalue weighted by Crippen LogP contribution is 1.99. The molecular formula is C6H12BO3. The number of unbranched alkanes of at least 4 members (excludes halogenated alkanes) is 1. The minimum absolute atomic E-state index is 0. The number of carboxylic acids is 1. The molecule has 0 aromatic heterocycles. The number of hydrogen-bond donors (Lipinski definition) is 2. The Morgan fingerprint density at radius 3 is 2.40 bits per heavy atom. The fourth-order valence-electron chi connectivity index (χ4n) is 0.521.